The Hall–Kier alpha value is -4.23. The summed E-state index contributed by atoms with van der Waals surface area (Å²) in [5.41, 5.74) is 4.10. The summed E-state index contributed by atoms with van der Waals surface area (Å²) in [6, 6.07) is 29.5. The predicted molar refractivity (Wildman–Crippen MR) is 145 cm³/mol. The van der Waals surface area contributed by atoms with Gasteiger partial charge in [-0.05, 0) is 30.5 Å². The van der Waals surface area contributed by atoms with Crippen LogP contribution in [0.15, 0.2) is 97.2 Å². The molecule has 7 heteroatoms. The van der Waals surface area contributed by atoms with Crippen molar-refractivity contribution in [3.63, 3.8) is 0 Å². The van der Waals surface area contributed by atoms with E-state index < -0.39 is 0 Å². The van der Waals surface area contributed by atoms with Crippen molar-refractivity contribution in [3.05, 3.63) is 108 Å². The second kappa shape index (κ2) is 11.7. The van der Waals surface area contributed by atoms with E-state index in [0.29, 0.717) is 24.3 Å². The highest BCUT2D eigenvalue weighted by atomic mass is 16.2. The van der Waals surface area contributed by atoms with Crippen molar-refractivity contribution in [3.8, 4) is 11.3 Å². The first-order chi connectivity index (χ1) is 18.1. The van der Waals surface area contributed by atoms with Gasteiger partial charge in [0, 0.05) is 36.6 Å². The molecule has 7 nitrogen and oxygen atoms in total. The number of carbonyl (C=O) groups is 2. The van der Waals surface area contributed by atoms with Gasteiger partial charge in [0.15, 0.2) is 0 Å². The molecular weight excluding hydrogens is 462 g/mol. The third-order valence-electron chi connectivity index (χ3n) is 6.59. The van der Waals surface area contributed by atoms with Crippen LogP contribution in [0.5, 0.6) is 0 Å². The quantitative estimate of drug-likeness (QED) is 0.381. The predicted octanol–water partition coefficient (Wildman–Crippen LogP) is 4.43. The number of benzene rings is 3. The number of aromatic nitrogens is 2. The zero-order chi connectivity index (χ0) is 25.5. The molecule has 0 atom stereocenters. The minimum Gasteiger partial charge on any atom is -0.349 e. The van der Waals surface area contributed by atoms with Gasteiger partial charge in [-0.15, -0.1) is 0 Å². The van der Waals surface area contributed by atoms with Crippen molar-refractivity contribution >= 4 is 17.5 Å². The number of amides is 2. The normalized spacial score (nSPS) is 14.3. The highest BCUT2D eigenvalue weighted by molar-refractivity contribution is 6.00. The van der Waals surface area contributed by atoms with Crippen LogP contribution >= 0.6 is 0 Å². The van der Waals surface area contributed by atoms with Crippen LogP contribution in [-0.2, 0) is 11.3 Å². The fraction of sp³-hybridized carbons (Fsp3) is 0.233. The van der Waals surface area contributed by atoms with Crippen LogP contribution in [0.1, 0.15) is 28.8 Å². The van der Waals surface area contributed by atoms with Crippen LogP contribution in [0.3, 0.4) is 0 Å². The van der Waals surface area contributed by atoms with E-state index in [0.717, 1.165) is 42.7 Å². The van der Waals surface area contributed by atoms with Crippen molar-refractivity contribution in [2.45, 2.75) is 25.4 Å². The molecule has 2 amide bonds. The number of carbonyl (C=O) groups excluding carboxylic acids is 2. The lowest BCUT2D eigenvalue weighted by molar-refractivity contribution is -0.117. The molecule has 0 spiro atoms. The van der Waals surface area contributed by atoms with E-state index >= 15 is 0 Å². The van der Waals surface area contributed by atoms with Gasteiger partial charge in [-0.1, -0.05) is 78.9 Å². The Morgan fingerprint density at radius 2 is 1.46 bits per heavy atom. The minimum absolute atomic E-state index is 0.0213. The molecule has 188 valence electrons. The first-order valence-electron chi connectivity index (χ1n) is 12.7. The monoisotopic (exact) mass is 493 g/mol. The van der Waals surface area contributed by atoms with Gasteiger partial charge in [0.25, 0.3) is 5.91 Å². The summed E-state index contributed by atoms with van der Waals surface area (Å²) in [4.78, 5) is 27.9. The third-order valence-corrected chi connectivity index (χ3v) is 6.59. The summed E-state index contributed by atoms with van der Waals surface area (Å²) in [5.74, 6) is -0.134. The Balaban J connectivity index is 1.21. The maximum Gasteiger partial charge on any atom is 0.255 e. The van der Waals surface area contributed by atoms with E-state index in [1.54, 1.807) is 0 Å². The molecule has 1 saturated heterocycles. The molecule has 5 rings (SSSR count). The van der Waals surface area contributed by atoms with Crippen LogP contribution in [-0.4, -0.2) is 52.2 Å². The summed E-state index contributed by atoms with van der Waals surface area (Å²) >= 11 is 0. The molecule has 1 aliphatic rings. The molecule has 0 saturated carbocycles. The van der Waals surface area contributed by atoms with Crippen molar-refractivity contribution in [1.82, 2.24) is 20.0 Å². The van der Waals surface area contributed by atoms with E-state index in [-0.39, 0.29) is 17.9 Å². The van der Waals surface area contributed by atoms with Gasteiger partial charge in [0.1, 0.15) is 5.69 Å². The summed E-state index contributed by atoms with van der Waals surface area (Å²) < 4.78 is 1.83. The summed E-state index contributed by atoms with van der Waals surface area (Å²) in [6.45, 7) is 2.45. The number of anilines is 1. The summed E-state index contributed by atoms with van der Waals surface area (Å²) in [5, 5.41) is 10.9. The topological polar surface area (TPSA) is 79.3 Å². The Bertz CT molecular complexity index is 1310. The van der Waals surface area contributed by atoms with Crippen LogP contribution in [0, 0.1) is 0 Å². The van der Waals surface area contributed by atoms with Gasteiger partial charge in [-0.25, -0.2) is 0 Å². The molecular formula is C30H31N5O2. The number of rotatable bonds is 8. The smallest absolute Gasteiger partial charge is 0.255 e. The van der Waals surface area contributed by atoms with Gasteiger partial charge >= 0.3 is 0 Å². The van der Waals surface area contributed by atoms with E-state index in [1.165, 1.54) is 0 Å². The number of hydrogen-bond acceptors (Lipinski definition) is 4. The summed E-state index contributed by atoms with van der Waals surface area (Å²) in [6.07, 6.45) is 3.43. The fourth-order valence-electron chi connectivity index (χ4n) is 4.67. The second-order valence-corrected chi connectivity index (χ2v) is 9.38. The van der Waals surface area contributed by atoms with Gasteiger partial charge in [-0.3, -0.25) is 19.2 Å². The van der Waals surface area contributed by atoms with Crippen LogP contribution in [0.2, 0.25) is 0 Å². The lowest BCUT2D eigenvalue weighted by atomic mass is 10.0. The first kappa shape index (κ1) is 24.5. The molecule has 1 fully saturated rings. The Labute approximate surface area is 217 Å². The molecule has 3 aromatic carbocycles. The average Bonchev–Trinajstić information content (AvgIpc) is 3.35. The Morgan fingerprint density at radius 1 is 0.838 bits per heavy atom. The lowest BCUT2D eigenvalue weighted by Crippen LogP contribution is -2.46. The molecule has 0 bridgehead atoms. The lowest BCUT2D eigenvalue weighted by Gasteiger charge is -2.31. The molecule has 0 radical (unpaired) electrons. The maximum absolute atomic E-state index is 13.4. The Kier molecular flexibility index (Phi) is 7.72. The highest BCUT2D eigenvalue weighted by Crippen LogP contribution is 2.23. The molecule has 1 aliphatic heterocycles. The maximum atomic E-state index is 13.4. The number of nitrogens with zero attached hydrogens (tertiary/aromatic N) is 3. The molecule has 37 heavy (non-hydrogen) atoms. The fourth-order valence-corrected chi connectivity index (χ4v) is 4.67. The van der Waals surface area contributed by atoms with E-state index in [1.807, 2.05) is 89.7 Å². The molecule has 1 aromatic heterocycles. The largest absolute Gasteiger partial charge is 0.349 e. The van der Waals surface area contributed by atoms with Gasteiger partial charge < -0.3 is 10.6 Å². The van der Waals surface area contributed by atoms with Crippen molar-refractivity contribution < 1.29 is 9.59 Å². The van der Waals surface area contributed by atoms with E-state index in [2.05, 4.69) is 27.7 Å². The SMILES string of the molecule is O=C(CN1CCC(NC(=O)c2cn(Cc3ccccc3)nc2-c2ccccc2)CC1)Nc1ccccc1. The number of hydrogen-bond donors (Lipinski definition) is 2. The third kappa shape index (κ3) is 6.51. The van der Waals surface area contributed by atoms with Crippen molar-refractivity contribution in [1.29, 1.82) is 0 Å². The first-order valence-corrected chi connectivity index (χ1v) is 12.7. The van der Waals surface area contributed by atoms with E-state index in [4.69, 9.17) is 5.10 Å². The van der Waals surface area contributed by atoms with Crippen LogP contribution < -0.4 is 10.6 Å². The highest BCUT2D eigenvalue weighted by Gasteiger charge is 2.25. The number of para-hydroxylation sites is 1. The zero-order valence-corrected chi connectivity index (χ0v) is 20.7. The standard InChI is InChI=1S/C30H31N5O2/c36-28(31-25-14-8-3-9-15-25)22-34-18-16-26(17-19-34)32-30(37)27-21-35(20-23-10-4-1-5-11-23)33-29(27)24-12-6-2-7-13-24/h1-15,21,26H,16-20,22H2,(H,31,36)(H,32,37). The van der Waals surface area contributed by atoms with Gasteiger partial charge in [0.05, 0.1) is 18.7 Å². The van der Waals surface area contributed by atoms with Crippen LogP contribution in [0.4, 0.5) is 5.69 Å². The van der Waals surface area contributed by atoms with Crippen molar-refractivity contribution in [2.75, 3.05) is 25.0 Å². The molecule has 2 heterocycles. The zero-order valence-electron chi connectivity index (χ0n) is 20.7. The number of likely N-dealkylation sites (tertiary alicyclic amines) is 1. The van der Waals surface area contributed by atoms with Crippen LogP contribution in [0.25, 0.3) is 11.3 Å². The average molecular weight is 494 g/mol. The molecule has 4 aromatic rings. The molecule has 0 unspecified atom stereocenters. The number of piperidine rings is 1. The van der Waals surface area contributed by atoms with Gasteiger partial charge in [-0.2, -0.15) is 5.10 Å². The molecule has 0 aliphatic carbocycles. The van der Waals surface area contributed by atoms with Crippen molar-refractivity contribution in [2.24, 2.45) is 0 Å². The minimum atomic E-state index is -0.113. The van der Waals surface area contributed by atoms with Gasteiger partial charge in [0.2, 0.25) is 5.91 Å². The molecule has 2 N–H and O–H groups in total. The van der Waals surface area contributed by atoms with E-state index in [9.17, 15) is 9.59 Å². The second-order valence-electron chi connectivity index (χ2n) is 9.38. The Morgan fingerprint density at radius 3 is 2.14 bits per heavy atom. The number of nitrogens with one attached hydrogen (secondary N) is 2. The summed E-state index contributed by atoms with van der Waals surface area (Å²) in [7, 11) is 0.